The zero-order valence-electron chi connectivity index (χ0n) is 10.2. The van der Waals surface area contributed by atoms with Gasteiger partial charge in [-0.1, -0.05) is 34.1 Å². The maximum absolute atomic E-state index is 13.9. The molecule has 1 N–H and O–H groups in total. The molecule has 0 saturated carbocycles. The Hall–Kier alpha value is -1.27. The molecule has 2 aromatic rings. The van der Waals surface area contributed by atoms with Crippen LogP contribution in [0.1, 0.15) is 17.2 Å². The van der Waals surface area contributed by atoms with Crippen LogP contribution in [0.4, 0.5) is 4.39 Å². The molecule has 0 aliphatic heterocycles. The molecule has 1 unspecified atom stereocenters. The summed E-state index contributed by atoms with van der Waals surface area (Å²) in [6.45, 7) is 0. The van der Waals surface area contributed by atoms with E-state index in [-0.39, 0.29) is 12.1 Å². The first-order valence-electron chi connectivity index (χ1n) is 5.76. The van der Waals surface area contributed by atoms with Crippen molar-refractivity contribution in [2.75, 3.05) is 0 Å². The second kappa shape index (κ2) is 6.45. The quantitative estimate of drug-likeness (QED) is 0.835. The Bertz CT molecular complexity index is 649. The van der Waals surface area contributed by atoms with E-state index >= 15 is 0 Å². The highest BCUT2D eigenvalue weighted by atomic mass is 79.9. The van der Waals surface area contributed by atoms with Crippen molar-refractivity contribution in [2.24, 2.45) is 0 Å². The molecule has 3 nitrogen and oxygen atoms in total. The van der Waals surface area contributed by atoms with Crippen LogP contribution in [0, 0.1) is 5.82 Å². The predicted octanol–water partition coefficient (Wildman–Crippen LogP) is 4.16. The van der Waals surface area contributed by atoms with Crippen molar-refractivity contribution in [3.05, 3.63) is 62.5 Å². The highest BCUT2D eigenvalue weighted by molar-refractivity contribution is 9.10. The normalized spacial score (nSPS) is 12.2. The minimum absolute atomic E-state index is 0.0588. The van der Waals surface area contributed by atoms with Gasteiger partial charge in [0, 0.05) is 15.1 Å². The molecule has 0 aliphatic carbocycles. The van der Waals surface area contributed by atoms with E-state index in [1.165, 1.54) is 12.3 Å². The number of aromatic nitrogens is 1. The first-order chi connectivity index (χ1) is 9.49. The van der Waals surface area contributed by atoms with E-state index in [0.29, 0.717) is 4.47 Å². The van der Waals surface area contributed by atoms with Gasteiger partial charge in [-0.3, -0.25) is 9.78 Å². The topological polar surface area (TPSA) is 50.2 Å². The van der Waals surface area contributed by atoms with Crippen LogP contribution < -0.4 is 0 Å². The Morgan fingerprint density at radius 1 is 1.35 bits per heavy atom. The largest absolute Gasteiger partial charge is 0.481 e. The molecular formula is C14H10Br2FNO2. The Labute approximate surface area is 132 Å². The SMILES string of the molecule is O=C(O)C(Cc1ccccc1Br)c1ncc(Br)cc1F. The van der Waals surface area contributed by atoms with Crippen LogP contribution in [0.5, 0.6) is 0 Å². The number of nitrogens with zero attached hydrogens (tertiary/aromatic N) is 1. The molecule has 1 heterocycles. The number of rotatable bonds is 4. The molecule has 2 rings (SSSR count). The minimum Gasteiger partial charge on any atom is -0.481 e. The molecule has 0 amide bonds. The lowest BCUT2D eigenvalue weighted by atomic mass is 9.95. The van der Waals surface area contributed by atoms with Crippen LogP contribution >= 0.6 is 31.9 Å². The van der Waals surface area contributed by atoms with Gasteiger partial charge in [0.05, 0.1) is 5.69 Å². The van der Waals surface area contributed by atoms with Crippen molar-refractivity contribution in [2.45, 2.75) is 12.3 Å². The average molecular weight is 403 g/mol. The van der Waals surface area contributed by atoms with Crippen LogP contribution in [-0.2, 0) is 11.2 Å². The van der Waals surface area contributed by atoms with Gasteiger partial charge in [-0.15, -0.1) is 0 Å². The number of carboxylic acids is 1. The first-order valence-corrected chi connectivity index (χ1v) is 7.35. The maximum atomic E-state index is 13.9. The molecule has 0 radical (unpaired) electrons. The number of carboxylic acid groups (broad SMARTS) is 1. The van der Waals surface area contributed by atoms with Crippen LogP contribution in [-0.4, -0.2) is 16.1 Å². The summed E-state index contributed by atoms with van der Waals surface area (Å²) in [5.41, 5.74) is 0.737. The summed E-state index contributed by atoms with van der Waals surface area (Å²) in [6, 6.07) is 8.49. The fraction of sp³-hybridized carbons (Fsp3) is 0.143. The smallest absolute Gasteiger partial charge is 0.313 e. The van der Waals surface area contributed by atoms with Crippen molar-refractivity contribution in [1.82, 2.24) is 4.98 Å². The van der Waals surface area contributed by atoms with Crippen LogP contribution in [0.15, 0.2) is 45.5 Å². The van der Waals surface area contributed by atoms with Crippen molar-refractivity contribution in [3.8, 4) is 0 Å². The van der Waals surface area contributed by atoms with Gasteiger partial charge < -0.3 is 5.11 Å². The van der Waals surface area contributed by atoms with Gasteiger partial charge >= 0.3 is 5.97 Å². The average Bonchev–Trinajstić information content (AvgIpc) is 2.38. The molecular weight excluding hydrogens is 393 g/mol. The predicted molar refractivity (Wildman–Crippen MR) is 80.1 cm³/mol. The van der Waals surface area contributed by atoms with Gasteiger partial charge in [0.15, 0.2) is 0 Å². The molecule has 1 atom stereocenters. The molecule has 1 aromatic carbocycles. The Kier molecular flexibility index (Phi) is 4.88. The Balaban J connectivity index is 2.37. The summed E-state index contributed by atoms with van der Waals surface area (Å²) < 4.78 is 15.2. The van der Waals surface area contributed by atoms with Crippen molar-refractivity contribution in [3.63, 3.8) is 0 Å². The molecule has 0 saturated heterocycles. The monoisotopic (exact) mass is 401 g/mol. The standard InChI is InChI=1S/C14H10Br2FNO2/c15-9-6-12(17)13(18-7-9)10(14(19)20)5-8-3-1-2-4-11(8)16/h1-4,6-7,10H,5H2,(H,19,20). The van der Waals surface area contributed by atoms with Gasteiger partial charge in [0.1, 0.15) is 11.7 Å². The van der Waals surface area contributed by atoms with Crippen LogP contribution in [0.3, 0.4) is 0 Å². The summed E-state index contributed by atoms with van der Waals surface area (Å²) in [6.07, 6.45) is 1.57. The minimum atomic E-state index is -1.10. The van der Waals surface area contributed by atoms with Gasteiger partial charge in [-0.2, -0.15) is 0 Å². The van der Waals surface area contributed by atoms with E-state index in [0.717, 1.165) is 10.0 Å². The van der Waals surface area contributed by atoms with E-state index in [9.17, 15) is 14.3 Å². The van der Waals surface area contributed by atoms with E-state index in [2.05, 4.69) is 36.8 Å². The fourth-order valence-electron chi connectivity index (χ4n) is 1.87. The lowest BCUT2D eigenvalue weighted by molar-refractivity contribution is -0.138. The third-order valence-corrected chi connectivity index (χ3v) is 4.05. The number of carbonyl (C=O) groups is 1. The zero-order chi connectivity index (χ0) is 14.7. The summed E-state index contributed by atoms with van der Waals surface area (Å²) in [4.78, 5) is 15.3. The lowest BCUT2D eigenvalue weighted by Gasteiger charge is -2.14. The number of benzene rings is 1. The highest BCUT2D eigenvalue weighted by Crippen LogP contribution is 2.27. The van der Waals surface area contributed by atoms with Gasteiger partial charge in [-0.05, 0) is 40.0 Å². The summed E-state index contributed by atoms with van der Waals surface area (Å²) >= 11 is 6.47. The fourth-order valence-corrected chi connectivity index (χ4v) is 2.62. The number of halogens is 3. The zero-order valence-corrected chi connectivity index (χ0v) is 13.4. The van der Waals surface area contributed by atoms with Crippen molar-refractivity contribution >= 4 is 37.8 Å². The lowest BCUT2D eigenvalue weighted by Crippen LogP contribution is -2.17. The first kappa shape index (κ1) is 15.1. The second-order valence-electron chi connectivity index (χ2n) is 4.21. The van der Waals surface area contributed by atoms with Gasteiger partial charge in [0.25, 0.3) is 0 Å². The number of aliphatic carboxylic acids is 1. The van der Waals surface area contributed by atoms with Gasteiger partial charge in [-0.25, -0.2) is 4.39 Å². The number of hydrogen-bond acceptors (Lipinski definition) is 2. The molecule has 0 aliphatic rings. The van der Waals surface area contributed by atoms with E-state index in [4.69, 9.17) is 0 Å². The summed E-state index contributed by atoms with van der Waals surface area (Å²) in [7, 11) is 0. The van der Waals surface area contributed by atoms with E-state index in [1.807, 2.05) is 18.2 Å². The van der Waals surface area contributed by atoms with E-state index < -0.39 is 17.7 Å². The molecule has 0 bridgehead atoms. The number of pyridine rings is 1. The molecule has 104 valence electrons. The Morgan fingerprint density at radius 3 is 2.65 bits per heavy atom. The Morgan fingerprint density at radius 2 is 2.05 bits per heavy atom. The number of hydrogen-bond donors (Lipinski definition) is 1. The van der Waals surface area contributed by atoms with E-state index in [1.54, 1.807) is 6.07 Å². The second-order valence-corrected chi connectivity index (χ2v) is 5.98. The summed E-state index contributed by atoms with van der Waals surface area (Å²) in [5.74, 6) is -2.75. The third kappa shape index (κ3) is 3.43. The third-order valence-electron chi connectivity index (χ3n) is 2.85. The molecule has 0 fully saturated rings. The molecule has 1 aromatic heterocycles. The van der Waals surface area contributed by atoms with Crippen LogP contribution in [0.2, 0.25) is 0 Å². The maximum Gasteiger partial charge on any atom is 0.313 e. The highest BCUT2D eigenvalue weighted by Gasteiger charge is 2.26. The van der Waals surface area contributed by atoms with Crippen molar-refractivity contribution < 1.29 is 14.3 Å². The molecule has 0 spiro atoms. The van der Waals surface area contributed by atoms with Crippen LogP contribution in [0.25, 0.3) is 0 Å². The molecule has 6 heteroatoms. The summed E-state index contributed by atoms with van der Waals surface area (Å²) in [5, 5.41) is 9.34. The molecule has 20 heavy (non-hydrogen) atoms. The van der Waals surface area contributed by atoms with Gasteiger partial charge in [0.2, 0.25) is 0 Å². The van der Waals surface area contributed by atoms with Crippen molar-refractivity contribution in [1.29, 1.82) is 0 Å².